The molecule has 0 radical (unpaired) electrons. The third-order valence-electron chi connectivity index (χ3n) is 4.85. The van der Waals surface area contributed by atoms with Crippen molar-refractivity contribution in [2.75, 3.05) is 13.1 Å². The topological polar surface area (TPSA) is 67.1 Å². The molecule has 2 N–H and O–H groups in total. The van der Waals surface area contributed by atoms with Crippen LogP contribution in [0.15, 0.2) is 40.2 Å². The Hall–Kier alpha value is -2.02. The first-order valence-corrected chi connectivity index (χ1v) is 10.5. The average molecular weight is 387 g/mol. The maximum atomic E-state index is 4.74. The monoisotopic (exact) mass is 386 g/mol. The number of guanidine groups is 1. The fraction of sp³-hybridized carbons (Fsp3) is 0.550. The van der Waals surface area contributed by atoms with Crippen LogP contribution in [0.25, 0.3) is 0 Å². The van der Waals surface area contributed by atoms with E-state index in [0.717, 1.165) is 43.5 Å². The molecule has 0 aliphatic heterocycles. The van der Waals surface area contributed by atoms with E-state index >= 15 is 0 Å². The largest absolute Gasteiger partial charge is 0.356 e. The quantitative estimate of drug-likeness (QED) is 0.393. The second-order valence-electron chi connectivity index (χ2n) is 7.12. The molecule has 6 nitrogen and oxygen atoms in total. The highest BCUT2D eigenvalue weighted by atomic mass is 32.2. The Morgan fingerprint density at radius 3 is 2.63 bits per heavy atom. The highest BCUT2D eigenvalue weighted by Crippen LogP contribution is 2.51. The van der Waals surface area contributed by atoms with Gasteiger partial charge in [0.1, 0.15) is 12.4 Å². The molecule has 2 aromatic rings. The molecule has 1 heterocycles. The SMILES string of the molecule is CCCCNC(=NCc1nnc(C)n1C)NCC1(Sc2ccccc2)CC1. The maximum absolute atomic E-state index is 4.74. The van der Waals surface area contributed by atoms with Gasteiger partial charge < -0.3 is 15.2 Å². The summed E-state index contributed by atoms with van der Waals surface area (Å²) in [6.07, 6.45) is 4.78. The van der Waals surface area contributed by atoms with Crippen molar-refractivity contribution in [3.63, 3.8) is 0 Å². The van der Waals surface area contributed by atoms with Crippen LogP contribution >= 0.6 is 11.8 Å². The molecule has 1 aromatic carbocycles. The van der Waals surface area contributed by atoms with Crippen LogP contribution in [-0.4, -0.2) is 38.6 Å². The van der Waals surface area contributed by atoms with E-state index in [4.69, 9.17) is 4.99 Å². The third-order valence-corrected chi connectivity index (χ3v) is 6.34. The number of hydrogen-bond donors (Lipinski definition) is 2. The molecular weight excluding hydrogens is 356 g/mol. The lowest BCUT2D eigenvalue weighted by Gasteiger charge is -2.18. The van der Waals surface area contributed by atoms with E-state index in [9.17, 15) is 0 Å². The molecule has 27 heavy (non-hydrogen) atoms. The number of aliphatic imine (C=N–C) groups is 1. The number of rotatable bonds is 9. The van der Waals surface area contributed by atoms with Gasteiger partial charge in [0.2, 0.25) is 0 Å². The molecule has 0 atom stereocenters. The molecule has 1 aliphatic rings. The van der Waals surface area contributed by atoms with Crippen molar-refractivity contribution in [1.82, 2.24) is 25.4 Å². The van der Waals surface area contributed by atoms with Crippen LogP contribution in [0.4, 0.5) is 0 Å². The standard InChI is InChI=1S/C20H30N6S/c1-4-5-13-21-19(22-14-18-25-24-16(2)26(18)3)23-15-20(11-12-20)27-17-9-7-6-8-10-17/h6-10H,4-5,11-15H2,1-3H3,(H2,21,22,23). The van der Waals surface area contributed by atoms with Gasteiger partial charge >= 0.3 is 0 Å². The average Bonchev–Trinajstić information content (AvgIpc) is 3.37. The number of hydrogen-bond acceptors (Lipinski definition) is 4. The molecule has 0 amide bonds. The number of aromatic nitrogens is 3. The number of nitrogens with one attached hydrogen (secondary N) is 2. The Balaban J connectivity index is 1.59. The van der Waals surface area contributed by atoms with Crippen LogP contribution in [0, 0.1) is 6.92 Å². The lowest BCUT2D eigenvalue weighted by Crippen LogP contribution is -2.41. The van der Waals surface area contributed by atoms with Crippen LogP contribution < -0.4 is 10.6 Å². The van der Waals surface area contributed by atoms with E-state index < -0.39 is 0 Å². The van der Waals surface area contributed by atoms with Crippen molar-refractivity contribution in [2.45, 2.75) is 55.7 Å². The zero-order valence-corrected chi connectivity index (χ0v) is 17.4. The minimum absolute atomic E-state index is 0.288. The minimum Gasteiger partial charge on any atom is -0.356 e. The van der Waals surface area contributed by atoms with Crippen molar-refractivity contribution in [2.24, 2.45) is 12.0 Å². The van der Waals surface area contributed by atoms with Gasteiger partial charge in [-0.3, -0.25) is 0 Å². The van der Waals surface area contributed by atoms with Gasteiger partial charge in [-0.2, -0.15) is 0 Å². The Labute approximate surface area is 166 Å². The predicted molar refractivity (Wildman–Crippen MR) is 112 cm³/mol. The molecule has 0 saturated heterocycles. The van der Waals surface area contributed by atoms with Gasteiger partial charge in [0.15, 0.2) is 11.8 Å². The van der Waals surface area contributed by atoms with Gasteiger partial charge in [-0.15, -0.1) is 22.0 Å². The first-order chi connectivity index (χ1) is 13.1. The summed E-state index contributed by atoms with van der Waals surface area (Å²) in [4.78, 5) is 6.08. The molecule has 7 heteroatoms. The van der Waals surface area contributed by atoms with Crippen LogP contribution in [0.3, 0.4) is 0 Å². The Kier molecular flexibility index (Phi) is 6.77. The number of unbranched alkanes of at least 4 members (excludes halogenated alkanes) is 1. The molecule has 0 unspecified atom stereocenters. The van der Waals surface area contributed by atoms with E-state index in [1.807, 2.05) is 30.3 Å². The zero-order chi connectivity index (χ0) is 19.1. The third kappa shape index (κ3) is 5.73. The second-order valence-corrected chi connectivity index (χ2v) is 8.66. The van der Waals surface area contributed by atoms with E-state index in [2.05, 4.69) is 58.1 Å². The molecule has 146 valence electrons. The lowest BCUT2D eigenvalue weighted by molar-refractivity contribution is 0.707. The zero-order valence-electron chi connectivity index (χ0n) is 16.5. The molecule has 1 saturated carbocycles. The highest BCUT2D eigenvalue weighted by molar-refractivity contribution is 8.01. The van der Waals surface area contributed by atoms with E-state index in [1.165, 1.54) is 17.7 Å². The van der Waals surface area contributed by atoms with Gasteiger partial charge in [0.05, 0.1) is 0 Å². The van der Waals surface area contributed by atoms with E-state index in [-0.39, 0.29) is 4.75 Å². The van der Waals surface area contributed by atoms with Crippen LogP contribution in [0.5, 0.6) is 0 Å². The number of thioether (sulfide) groups is 1. The molecule has 1 aliphatic carbocycles. The van der Waals surface area contributed by atoms with Gasteiger partial charge in [-0.25, -0.2) is 4.99 Å². The first-order valence-electron chi connectivity index (χ1n) is 9.73. The van der Waals surface area contributed by atoms with Crippen LogP contribution in [-0.2, 0) is 13.6 Å². The fourth-order valence-electron chi connectivity index (χ4n) is 2.73. The summed E-state index contributed by atoms with van der Waals surface area (Å²) < 4.78 is 2.27. The van der Waals surface area contributed by atoms with Gasteiger partial charge in [-0.05, 0) is 38.3 Å². The van der Waals surface area contributed by atoms with Crippen molar-refractivity contribution in [3.05, 3.63) is 42.0 Å². The van der Waals surface area contributed by atoms with Crippen LogP contribution in [0.2, 0.25) is 0 Å². The molecule has 1 aromatic heterocycles. The number of aryl methyl sites for hydroxylation is 1. The number of nitrogens with zero attached hydrogens (tertiary/aromatic N) is 4. The van der Waals surface area contributed by atoms with Gasteiger partial charge in [0, 0.05) is 29.8 Å². The fourth-order valence-corrected chi connectivity index (χ4v) is 3.98. The summed E-state index contributed by atoms with van der Waals surface area (Å²) in [7, 11) is 1.98. The number of benzene rings is 1. The summed E-state index contributed by atoms with van der Waals surface area (Å²) in [5, 5.41) is 15.3. The van der Waals surface area contributed by atoms with Crippen molar-refractivity contribution in [1.29, 1.82) is 0 Å². The smallest absolute Gasteiger partial charge is 0.191 e. The highest BCUT2D eigenvalue weighted by Gasteiger charge is 2.43. The summed E-state index contributed by atoms with van der Waals surface area (Å²) in [5.74, 6) is 2.65. The van der Waals surface area contributed by atoms with E-state index in [0.29, 0.717) is 6.54 Å². The Bertz CT molecular complexity index is 751. The summed E-state index contributed by atoms with van der Waals surface area (Å²) >= 11 is 1.98. The first kappa shape index (κ1) is 19.7. The summed E-state index contributed by atoms with van der Waals surface area (Å²) in [6, 6.07) is 10.7. The molecule has 3 rings (SSSR count). The normalized spacial score (nSPS) is 15.6. The summed E-state index contributed by atoms with van der Waals surface area (Å²) in [6.45, 7) is 6.53. The molecule has 0 bridgehead atoms. The predicted octanol–water partition coefficient (Wildman–Crippen LogP) is 3.28. The van der Waals surface area contributed by atoms with Crippen molar-refractivity contribution in [3.8, 4) is 0 Å². The molecular formula is C20H30N6S. The second kappa shape index (κ2) is 9.26. The maximum Gasteiger partial charge on any atom is 0.191 e. The molecule has 1 fully saturated rings. The molecule has 0 spiro atoms. The van der Waals surface area contributed by atoms with Crippen LogP contribution in [0.1, 0.15) is 44.3 Å². The summed E-state index contributed by atoms with van der Waals surface area (Å²) in [5.41, 5.74) is 0. The van der Waals surface area contributed by atoms with Crippen molar-refractivity contribution < 1.29 is 0 Å². The Morgan fingerprint density at radius 1 is 1.22 bits per heavy atom. The Morgan fingerprint density at radius 2 is 2.00 bits per heavy atom. The van der Waals surface area contributed by atoms with Crippen molar-refractivity contribution >= 4 is 17.7 Å². The van der Waals surface area contributed by atoms with Gasteiger partial charge in [-0.1, -0.05) is 31.5 Å². The minimum atomic E-state index is 0.288. The van der Waals surface area contributed by atoms with Gasteiger partial charge in [0.25, 0.3) is 0 Å². The lowest BCUT2D eigenvalue weighted by atomic mass is 10.3. The van der Waals surface area contributed by atoms with E-state index in [1.54, 1.807) is 0 Å².